The number of carbonyl (C=O) groups is 1. The summed E-state index contributed by atoms with van der Waals surface area (Å²) in [6, 6.07) is 6.94. The van der Waals surface area contributed by atoms with Gasteiger partial charge in [0, 0.05) is 39.3 Å². The standard InChI is InChI=1S/C29H34F2N8O2/c1-16-14-38(15-22(32)27(16)37(5)17(2)40)25-8-9-33-13-24(25)35-28-34-12-19-6-7-23(36-39(19)28)26-20(30)10-18(11-21(26)31)29(3,4)41/h6-13,16,22,27,41H,14-15,32H2,1-5H3,(H,34,35)/t16-,22+,27-/m0/s1. The lowest BCUT2D eigenvalue weighted by Gasteiger charge is -2.46. The molecule has 1 amide bonds. The Kier molecular flexibility index (Phi) is 7.39. The third-order valence-corrected chi connectivity index (χ3v) is 7.68. The SMILES string of the molecule is CC(=O)N(C)[C@@H]1[C@H](N)CN(c2ccncc2Nc2ncc3ccc(-c4c(F)cc(C(C)(C)O)cc4F)nn23)C[C@@H]1C. The van der Waals surface area contributed by atoms with Crippen molar-refractivity contribution in [2.75, 3.05) is 30.4 Å². The zero-order valence-corrected chi connectivity index (χ0v) is 23.6. The minimum atomic E-state index is -1.40. The van der Waals surface area contributed by atoms with Crippen LogP contribution in [-0.4, -0.2) is 67.7 Å². The van der Waals surface area contributed by atoms with Gasteiger partial charge in [-0.15, -0.1) is 0 Å². The molecule has 0 spiro atoms. The van der Waals surface area contributed by atoms with Crippen LogP contribution in [0.25, 0.3) is 16.8 Å². The van der Waals surface area contributed by atoms with Crippen LogP contribution >= 0.6 is 0 Å². The Morgan fingerprint density at radius 1 is 1.17 bits per heavy atom. The molecule has 0 radical (unpaired) electrons. The number of nitrogens with two attached hydrogens (primary N) is 1. The number of anilines is 3. The monoisotopic (exact) mass is 564 g/mol. The molecule has 1 fully saturated rings. The van der Waals surface area contributed by atoms with Crippen molar-refractivity contribution in [3.05, 3.63) is 66.1 Å². The highest BCUT2D eigenvalue weighted by atomic mass is 19.1. The zero-order chi connectivity index (χ0) is 29.6. The summed E-state index contributed by atoms with van der Waals surface area (Å²) in [6.07, 6.45) is 4.95. The number of halogens is 2. The second-order valence-electron chi connectivity index (χ2n) is 11.2. The van der Waals surface area contributed by atoms with Crippen molar-refractivity contribution in [2.24, 2.45) is 11.7 Å². The van der Waals surface area contributed by atoms with E-state index in [1.54, 1.807) is 43.5 Å². The fraction of sp³-hybridized carbons (Fsp3) is 0.379. The first-order valence-electron chi connectivity index (χ1n) is 13.4. The van der Waals surface area contributed by atoms with Gasteiger partial charge in [-0.1, -0.05) is 6.92 Å². The molecule has 3 atom stereocenters. The number of hydrogen-bond acceptors (Lipinski definition) is 8. The number of aromatic nitrogens is 4. The number of fused-ring (bicyclic) bond motifs is 1. The number of piperidine rings is 1. The van der Waals surface area contributed by atoms with Gasteiger partial charge in [0.1, 0.15) is 11.6 Å². The van der Waals surface area contributed by atoms with Crippen LogP contribution in [0.2, 0.25) is 0 Å². The largest absolute Gasteiger partial charge is 0.386 e. The molecule has 1 aromatic carbocycles. The van der Waals surface area contributed by atoms with Gasteiger partial charge in [0.05, 0.1) is 52.2 Å². The third-order valence-electron chi connectivity index (χ3n) is 7.68. The predicted octanol–water partition coefficient (Wildman–Crippen LogP) is 3.67. The molecule has 0 bridgehead atoms. The van der Waals surface area contributed by atoms with Crippen molar-refractivity contribution in [1.29, 1.82) is 0 Å². The number of nitrogens with one attached hydrogen (secondary N) is 1. The minimum Gasteiger partial charge on any atom is -0.386 e. The van der Waals surface area contributed by atoms with E-state index in [0.29, 0.717) is 30.2 Å². The van der Waals surface area contributed by atoms with Crippen LogP contribution in [0.15, 0.2) is 48.9 Å². The van der Waals surface area contributed by atoms with Crippen molar-refractivity contribution in [2.45, 2.75) is 45.4 Å². The summed E-state index contributed by atoms with van der Waals surface area (Å²) in [6.45, 7) is 7.72. The number of hydrogen-bond donors (Lipinski definition) is 3. The molecule has 3 aromatic heterocycles. The zero-order valence-electron chi connectivity index (χ0n) is 23.6. The van der Waals surface area contributed by atoms with Gasteiger partial charge in [0.2, 0.25) is 11.9 Å². The number of amides is 1. The molecule has 1 aliphatic heterocycles. The van der Waals surface area contributed by atoms with Crippen molar-refractivity contribution < 1.29 is 18.7 Å². The first-order valence-corrected chi connectivity index (χ1v) is 13.4. The quantitative estimate of drug-likeness (QED) is 0.324. The highest BCUT2D eigenvalue weighted by Crippen LogP contribution is 2.33. The average molecular weight is 565 g/mol. The molecule has 4 heterocycles. The van der Waals surface area contributed by atoms with Crippen LogP contribution in [0.5, 0.6) is 0 Å². The lowest BCUT2D eigenvalue weighted by Crippen LogP contribution is -2.62. The lowest BCUT2D eigenvalue weighted by atomic mass is 9.88. The molecule has 4 N–H and O–H groups in total. The highest BCUT2D eigenvalue weighted by molar-refractivity contribution is 5.75. The molecule has 10 nitrogen and oxygen atoms in total. The van der Waals surface area contributed by atoms with E-state index in [1.165, 1.54) is 24.4 Å². The Labute approximate surface area is 236 Å². The van der Waals surface area contributed by atoms with Crippen LogP contribution < -0.4 is 16.0 Å². The summed E-state index contributed by atoms with van der Waals surface area (Å²) in [7, 11) is 1.78. The van der Waals surface area contributed by atoms with E-state index in [4.69, 9.17) is 5.73 Å². The maximum atomic E-state index is 15.1. The van der Waals surface area contributed by atoms with E-state index in [9.17, 15) is 9.90 Å². The van der Waals surface area contributed by atoms with Gasteiger partial charge in [-0.05, 0) is 55.7 Å². The second-order valence-corrected chi connectivity index (χ2v) is 11.2. The van der Waals surface area contributed by atoms with Crippen LogP contribution in [0.1, 0.15) is 33.3 Å². The number of nitrogens with zero attached hydrogens (tertiary/aromatic N) is 6. The number of pyridine rings is 1. The highest BCUT2D eigenvalue weighted by Gasteiger charge is 2.36. The van der Waals surface area contributed by atoms with E-state index in [-0.39, 0.29) is 40.7 Å². The van der Waals surface area contributed by atoms with Gasteiger partial charge in [-0.2, -0.15) is 9.61 Å². The smallest absolute Gasteiger partial charge is 0.229 e. The maximum Gasteiger partial charge on any atom is 0.229 e. The number of likely N-dealkylation sites (N-methyl/N-ethyl adjacent to an activating group) is 1. The summed E-state index contributed by atoms with van der Waals surface area (Å²) < 4.78 is 31.6. The van der Waals surface area contributed by atoms with Gasteiger partial charge in [-0.3, -0.25) is 9.78 Å². The van der Waals surface area contributed by atoms with Crippen molar-refractivity contribution in [3.8, 4) is 11.3 Å². The number of benzene rings is 1. The molecule has 5 rings (SSSR count). The maximum absolute atomic E-state index is 15.1. The molecule has 4 aromatic rings. The van der Waals surface area contributed by atoms with E-state index in [1.807, 2.05) is 6.07 Å². The van der Waals surface area contributed by atoms with E-state index in [0.717, 1.165) is 17.8 Å². The molecule has 1 saturated heterocycles. The van der Waals surface area contributed by atoms with Gasteiger partial charge >= 0.3 is 0 Å². The van der Waals surface area contributed by atoms with Crippen molar-refractivity contribution >= 4 is 28.7 Å². The number of rotatable bonds is 6. The van der Waals surface area contributed by atoms with Crippen molar-refractivity contribution in [1.82, 2.24) is 24.5 Å². The van der Waals surface area contributed by atoms with Gasteiger partial charge in [0.25, 0.3) is 0 Å². The molecular weight excluding hydrogens is 530 g/mol. The molecular formula is C29H34F2N8O2. The van der Waals surface area contributed by atoms with E-state index < -0.39 is 17.2 Å². The Morgan fingerprint density at radius 2 is 1.88 bits per heavy atom. The molecule has 41 heavy (non-hydrogen) atoms. The molecule has 12 heteroatoms. The Hall–Kier alpha value is -4.16. The van der Waals surface area contributed by atoms with Crippen LogP contribution in [0, 0.1) is 17.6 Å². The van der Waals surface area contributed by atoms with Gasteiger partial charge < -0.3 is 26.0 Å². The normalized spacial score (nSPS) is 19.4. The van der Waals surface area contributed by atoms with Gasteiger partial charge in [-0.25, -0.2) is 13.8 Å². The first-order chi connectivity index (χ1) is 19.3. The summed E-state index contributed by atoms with van der Waals surface area (Å²) in [5.41, 5.74) is 7.14. The van der Waals surface area contributed by atoms with E-state index >= 15 is 8.78 Å². The summed E-state index contributed by atoms with van der Waals surface area (Å²) in [5, 5.41) is 17.9. The lowest BCUT2D eigenvalue weighted by molar-refractivity contribution is -0.131. The summed E-state index contributed by atoms with van der Waals surface area (Å²) >= 11 is 0. The van der Waals surface area contributed by atoms with Gasteiger partial charge in [0.15, 0.2) is 0 Å². The number of aliphatic hydroxyl groups is 1. The molecule has 0 unspecified atom stereocenters. The van der Waals surface area contributed by atoms with Crippen LogP contribution in [0.3, 0.4) is 0 Å². The topological polar surface area (TPSA) is 125 Å². The molecule has 1 aliphatic rings. The molecule has 0 saturated carbocycles. The Morgan fingerprint density at radius 3 is 2.51 bits per heavy atom. The summed E-state index contributed by atoms with van der Waals surface area (Å²) in [4.78, 5) is 24.6. The fourth-order valence-corrected chi connectivity index (χ4v) is 5.54. The van der Waals surface area contributed by atoms with Crippen LogP contribution in [-0.2, 0) is 10.4 Å². The fourth-order valence-electron chi connectivity index (χ4n) is 5.54. The predicted molar refractivity (Wildman–Crippen MR) is 153 cm³/mol. The molecule has 216 valence electrons. The third kappa shape index (κ3) is 5.44. The minimum absolute atomic E-state index is 0.0250. The number of imidazole rings is 1. The van der Waals surface area contributed by atoms with Crippen LogP contribution in [0.4, 0.5) is 26.1 Å². The average Bonchev–Trinajstić information content (AvgIpc) is 3.29. The van der Waals surface area contributed by atoms with E-state index in [2.05, 4.69) is 32.2 Å². The molecule has 0 aliphatic carbocycles. The second kappa shape index (κ2) is 10.7. The summed E-state index contributed by atoms with van der Waals surface area (Å²) in [5.74, 6) is -1.25. The Balaban J connectivity index is 1.46. The van der Waals surface area contributed by atoms with Crippen molar-refractivity contribution in [3.63, 3.8) is 0 Å². The Bertz CT molecular complexity index is 1570. The number of carbonyl (C=O) groups excluding carboxylic acids is 1. The first kappa shape index (κ1) is 28.4.